The van der Waals surface area contributed by atoms with E-state index in [4.69, 9.17) is 11.6 Å². The summed E-state index contributed by atoms with van der Waals surface area (Å²) in [4.78, 5) is 23.2. The molecule has 2 aromatic heterocycles. The van der Waals surface area contributed by atoms with Gasteiger partial charge in [0.15, 0.2) is 0 Å². The highest BCUT2D eigenvalue weighted by Crippen LogP contribution is 2.22. The minimum absolute atomic E-state index is 0.0482. The van der Waals surface area contributed by atoms with Gasteiger partial charge >= 0.3 is 0 Å². The van der Waals surface area contributed by atoms with Crippen LogP contribution in [-0.4, -0.2) is 44.8 Å². The Labute approximate surface area is 186 Å². The van der Waals surface area contributed by atoms with Crippen LogP contribution in [-0.2, 0) is 11.3 Å². The summed E-state index contributed by atoms with van der Waals surface area (Å²) >= 11 is 6.54. The van der Waals surface area contributed by atoms with Crippen LogP contribution in [0.4, 0.5) is 5.95 Å². The van der Waals surface area contributed by atoms with Crippen molar-refractivity contribution in [3.05, 3.63) is 76.8 Å². The number of amides is 1. The van der Waals surface area contributed by atoms with Gasteiger partial charge in [0, 0.05) is 43.2 Å². The molecule has 1 saturated heterocycles. The molecule has 1 N–H and O–H groups in total. The summed E-state index contributed by atoms with van der Waals surface area (Å²) in [7, 11) is 0. The first kappa shape index (κ1) is 21.1. The second kappa shape index (κ2) is 9.75. The molecule has 1 aliphatic heterocycles. The second-order valence-electron chi connectivity index (χ2n) is 7.61. The van der Waals surface area contributed by atoms with Gasteiger partial charge in [-0.1, -0.05) is 41.9 Å². The fourth-order valence-electron chi connectivity index (χ4n) is 3.76. The molecule has 1 aromatic carbocycles. The summed E-state index contributed by atoms with van der Waals surface area (Å²) in [5.74, 6) is 0.553. The molecule has 0 radical (unpaired) electrons. The first-order chi connectivity index (χ1) is 15.1. The standard InChI is InChI=1S/C23H25ClN6O/c1-17-20(22(24)30(28-17)15-18-7-3-2-4-8-18)10-11-21(31)27-19-9-5-14-29(16-19)23-25-12-6-13-26-23/h2-4,6-8,10-13,19H,5,9,14-16H2,1H3,(H,27,31)/b11-10+. The van der Waals surface area contributed by atoms with Crippen LogP contribution in [0.1, 0.15) is 29.7 Å². The molecule has 0 saturated carbocycles. The number of carbonyl (C=O) groups is 1. The maximum Gasteiger partial charge on any atom is 0.244 e. The van der Waals surface area contributed by atoms with E-state index in [-0.39, 0.29) is 11.9 Å². The van der Waals surface area contributed by atoms with E-state index in [2.05, 4.69) is 25.3 Å². The molecule has 1 amide bonds. The molecule has 0 spiro atoms. The Morgan fingerprint density at radius 3 is 2.77 bits per heavy atom. The van der Waals surface area contributed by atoms with Crippen molar-refractivity contribution in [2.24, 2.45) is 0 Å². The zero-order valence-electron chi connectivity index (χ0n) is 17.4. The Balaban J connectivity index is 1.38. The van der Waals surface area contributed by atoms with Gasteiger partial charge in [0.2, 0.25) is 11.9 Å². The van der Waals surface area contributed by atoms with Gasteiger partial charge in [0.1, 0.15) is 5.15 Å². The number of piperidine rings is 1. The van der Waals surface area contributed by atoms with Crippen molar-refractivity contribution >= 4 is 29.5 Å². The van der Waals surface area contributed by atoms with Crippen molar-refractivity contribution in [2.75, 3.05) is 18.0 Å². The lowest BCUT2D eigenvalue weighted by Crippen LogP contribution is -2.47. The van der Waals surface area contributed by atoms with Gasteiger partial charge < -0.3 is 10.2 Å². The first-order valence-corrected chi connectivity index (χ1v) is 10.8. The highest BCUT2D eigenvalue weighted by atomic mass is 35.5. The predicted molar refractivity (Wildman–Crippen MR) is 122 cm³/mol. The van der Waals surface area contributed by atoms with Crippen molar-refractivity contribution in [3.63, 3.8) is 0 Å². The average Bonchev–Trinajstić information content (AvgIpc) is 3.06. The normalized spacial score (nSPS) is 16.6. The van der Waals surface area contributed by atoms with Gasteiger partial charge in [-0.25, -0.2) is 14.6 Å². The number of rotatable bonds is 6. The number of aryl methyl sites for hydroxylation is 1. The average molecular weight is 437 g/mol. The Morgan fingerprint density at radius 2 is 2.00 bits per heavy atom. The van der Waals surface area contributed by atoms with E-state index in [1.165, 1.54) is 6.08 Å². The number of hydrogen-bond acceptors (Lipinski definition) is 5. The zero-order chi connectivity index (χ0) is 21.6. The maximum atomic E-state index is 12.5. The number of benzene rings is 1. The summed E-state index contributed by atoms with van der Waals surface area (Å²) in [5.41, 5.74) is 2.66. The molecule has 1 fully saturated rings. The van der Waals surface area contributed by atoms with Gasteiger partial charge in [-0.3, -0.25) is 4.79 Å². The van der Waals surface area contributed by atoms with Crippen molar-refractivity contribution in [2.45, 2.75) is 32.4 Å². The molecular weight excluding hydrogens is 412 g/mol. The molecule has 0 aliphatic carbocycles. The van der Waals surface area contributed by atoms with Crippen LogP contribution < -0.4 is 10.2 Å². The Bertz CT molecular complexity index is 1050. The summed E-state index contributed by atoms with van der Waals surface area (Å²) < 4.78 is 1.75. The van der Waals surface area contributed by atoms with E-state index in [0.29, 0.717) is 24.2 Å². The fraction of sp³-hybridized carbons (Fsp3) is 0.304. The van der Waals surface area contributed by atoms with Crippen LogP contribution in [0.15, 0.2) is 54.9 Å². The van der Waals surface area contributed by atoms with E-state index >= 15 is 0 Å². The van der Waals surface area contributed by atoms with Crippen LogP contribution in [0.2, 0.25) is 5.15 Å². The third-order valence-corrected chi connectivity index (χ3v) is 5.69. The molecule has 31 heavy (non-hydrogen) atoms. The highest BCUT2D eigenvalue weighted by molar-refractivity contribution is 6.31. The monoisotopic (exact) mass is 436 g/mol. The second-order valence-corrected chi connectivity index (χ2v) is 7.97. The minimum Gasteiger partial charge on any atom is -0.348 e. The number of nitrogens with zero attached hydrogens (tertiary/aromatic N) is 5. The fourth-order valence-corrected chi connectivity index (χ4v) is 4.05. The predicted octanol–water partition coefficient (Wildman–Crippen LogP) is 3.48. The summed E-state index contributed by atoms with van der Waals surface area (Å²) in [6.07, 6.45) is 8.64. The molecule has 3 heterocycles. The third-order valence-electron chi connectivity index (χ3n) is 5.29. The number of halogens is 1. The molecule has 7 nitrogen and oxygen atoms in total. The van der Waals surface area contributed by atoms with Crippen LogP contribution in [0.25, 0.3) is 6.08 Å². The van der Waals surface area contributed by atoms with Crippen molar-refractivity contribution in [1.29, 1.82) is 0 Å². The molecule has 4 rings (SSSR count). The third kappa shape index (κ3) is 5.30. The Hall–Kier alpha value is -3.19. The smallest absolute Gasteiger partial charge is 0.244 e. The minimum atomic E-state index is -0.146. The van der Waals surface area contributed by atoms with Gasteiger partial charge in [0.25, 0.3) is 0 Å². The summed E-state index contributed by atoms with van der Waals surface area (Å²) in [6, 6.07) is 11.9. The molecule has 1 atom stereocenters. The first-order valence-electron chi connectivity index (χ1n) is 10.4. The number of carbonyl (C=O) groups excluding carboxylic acids is 1. The zero-order valence-corrected chi connectivity index (χ0v) is 18.2. The lowest BCUT2D eigenvalue weighted by Gasteiger charge is -2.32. The Kier molecular flexibility index (Phi) is 6.62. The molecule has 160 valence electrons. The van der Waals surface area contributed by atoms with Crippen molar-refractivity contribution in [3.8, 4) is 0 Å². The van der Waals surface area contributed by atoms with Gasteiger partial charge in [-0.15, -0.1) is 0 Å². The van der Waals surface area contributed by atoms with E-state index < -0.39 is 0 Å². The van der Waals surface area contributed by atoms with E-state index in [0.717, 1.165) is 36.2 Å². The number of nitrogens with one attached hydrogen (secondary N) is 1. The van der Waals surface area contributed by atoms with Crippen LogP contribution >= 0.6 is 11.6 Å². The lowest BCUT2D eigenvalue weighted by atomic mass is 10.1. The Morgan fingerprint density at radius 1 is 1.23 bits per heavy atom. The van der Waals surface area contributed by atoms with Gasteiger partial charge in [-0.2, -0.15) is 5.10 Å². The molecule has 1 aliphatic rings. The molecule has 8 heteroatoms. The van der Waals surface area contributed by atoms with Crippen molar-refractivity contribution in [1.82, 2.24) is 25.1 Å². The molecule has 0 bridgehead atoms. The largest absolute Gasteiger partial charge is 0.348 e. The van der Waals surface area contributed by atoms with Crippen LogP contribution in [0, 0.1) is 6.92 Å². The van der Waals surface area contributed by atoms with E-state index in [1.54, 1.807) is 29.2 Å². The van der Waals surface area contributed by atoms with E-state index in [1.807, 2.05) is 37.3 Å². The summed E-state index contributed by atoms with van der Waals surface area (Å²) in [6.45, 7) is 4.06. The number of hydrogen-bond donors (Lipinski definition) is 1. The molecule has 3 aromatic rings. The number of aromatic nitrogens is 4. The van der Waals surface area contributed by atoms with Crippen LogP contribution in [0.3, 0.4) is 0 Å². The molecule has 1 unspecified atom stereocenters. The highest BCUT2D eigenvalue weighted by Gasteiger charge is 2.22. The number of anilines is 1. The maximum absolute atomic E-state index is 12.5. The quantitative estimate of drug-likeness (QED) is 0.598. The lowest BCUT2D eigenvalue weighted by molar-refractivity contribution is -0.117. The summed E-state index contributed by atoms with van der Waals surface area (Å²) in [5, 5.41) is 8.13. The molecular formula is C23H25ClN6O. The van der Waals surface area contributed by atoms with E-state index in [9.17, 15) is 4.79 Å². The van der Waals surface area contributed by atoms with Crippen molar-refractivity contribution < 1.29 is 4.79 Å². The van der Waals surface area contributed by atoms with Crippen LogP contribution in [0.5, 0.6) is 0 Å². The van der Waals surface area contributed by atoms with Gasteiger partial charge in [-0.05, 0) is 37.5 Å². The van der Waals surface area contributed by atoms with Gasteiger partial charge in [0.05, 0.1) is 12.2 Å². The SMILES string of the molecule is Cc1nn(Cc2ccccc2)c(Cl)c1/C=C/C(=O)NC1CCCN(c2ncccn2)C1. The topological polar surface area (TPSA) is 75.9 Å².